The minimum Gasteiger partial charge on any atom is -0.469 e. The van der Waals surface area contributed by atoms with Gasteiger partial charge in [0.2, 0.25) is 5.91 Å². The number of carbonyl (C=O) groups is 3. The summed E-state index contributed by atoms with van der Waals surface area (Å²) in [5.41, 5.74) is -0.472. The van der Waals surface area contributed by atoms with Crippen molar-refractivity contribution in [1.82, 2.24) is 5.32 Å². The highest BCUT2D eigenvalue weighted by atomic mass is 19.4. The molecule has 0 saturated carbocycles. The maximum atomic E-state index is 12.5. The molecule has 1 amide bonds. The number of carbonyl (C=O) groups excluding carboxylic acids is 3. The average molecular weight is 375 g/mol. The lowest BCUT2D eigenvalue weighted by molar-refractivity contribution is -0.148. The van der Waals surface area contributed by atoms with Gasteiger partial charge >= 0.3 is 18.1 Å². The Balaban J connectivity index is 2.77. The minimum atomic E-state index is -4.46. The predicted octanol–water partition coefficient (Wildman–Crippen LogP) is 2.10. The van der Waals surface area contributed by atoms with Crippen LogP contribution >= 0.6 is 0 Å². The summed E-state index contributed by atoms with van der Waals surface area (Å²) < 4.78 is 46.8. The van der Waals surface area contributed by atoms with Gasteiger partial charge in [-0.05, 0) is 23.6 Å². The molecule has 2 atom stereocenters. The van der Waals surface area contributed by atoms with Crippen molar-refractivity contribution >= 4 is 17.8 Å². The van der Waals surface area contributed by atoms with Crippen molar-refractivity contribution in [2.45, 2.75) is 32.0 Å². The standard InChI is InChI=1S/C17H20F3NO5/c1-10(8-14(23)25-2)15(16(24)26-3)21-13(22)9-11-4-6-12(7-5-11)17(18,19)20/h4-7,10,15H,8-9H2,1-3H3,(H,21,22)/t10-,15-/m1/s1. The summed E-state index contributed by atoms with van der Waals surface area (Å²) in [5, 5.41) is 2.45. The van der Waals surface area contributed by atoms with Gasteiger partial charge in [-0.15, -0.1) is 0 Å². The number of methoxy groups -OCH3 is 2. The Labute approximate surface area is 148 Å². The van der Waals surface area contributed by atoms with E-state index in [-0.39, 0.29) is 12.8 Å². The van der Waals surface area contributed by atoms with Crippen molar-refractivity contribution in [3.8, 4) is 0 Å². The monoisotopic (exact) mass is 375 g/mol. The number of rotatable bonds is 7. The summed E-state index contributed by atoms with van der Waals surface area (Å²) in [6.45, 7) is 1.57. The van der Waals surface area contributed by atoms with Gasteiger partial charge in [-0.2, -0.15) is 13.2 Å². The SMILES string of the molecule is COC(=O)C[C@@H](C)[C@@H](NC(=O)Cc1ccc(C(F)(F)F)cc1)C(=O)OC. The summed E-state index contributed by atoms with van der Waals surface area (Å²) in [4.78, 5) is 35.3. The molecule has 0 saturated heterocycles. The second-order valence-electron chi connectivity index (χ2n) is 5.70. The van der Waals surface area contributed by atoms with E-state index < -0.39 is 41.5 Å². The molecule has 0 aliphatic rings. The second-order valence-corrected chi connectivity index (χ2v) is 5.70. The number of esters is 2. The highest BCUT2D eigenvalue weighted by Gasteiger charge is 2.31. The van der Waals surface area contributed by atoms with Crippen molar-refractivity contribution in [2.24, 2.45) is 5.92 Å². The van der Waals surface area contributed by atoms with E-state index in [0.717, 1.165) is 19.2 Å². The molecule has 1 aromatic rings. The molecule has 1 aromatic carbocycles. The molecule has 0 heterocycles. The number of nitrogens with one attached hydrogen (secondary N) is 1. The van der Waals surface area contributed by atoms with Crippen LogP contribution in [-0.4, -0.2) is 38.1 Å². The van der Waals surface area contributed by atoms with E-state index in [1.54, 1.807) is 6.92 Å². The fourth-order valence-electron chi connectivity index (χ4n) is 2.25. The molecule has 0 bridgehead atoms. The fraction of sp³-hybridized carbons (Fsp3) is 0.471. The van der Waals surface area contributed by atoms with E-state index in [1.165, 1.54) is 19.2 Å². The number of halogens is 3. The van der Waals surface area contributed by atoms with E-state index in [0.29, 0.717) is 5.56 Å². The lowest BCUT2D eigenvalue weighted by Crippen LogP contribution is -2.46. The molecular weight excluding hydrogens is 355 g/mol. The first-order valence-electron chi connectivity index (χ1n) is 7.68. The zero-order chi connectivity index (χ0) is 19.9. The van der Waals surface area contributed by atoms with Crippen LogP contribution < -0.4 is 5.32 Å². The predicted molar refractivity (Wildman–Crippen MR) is 84.9 cm³/mol. The first kappa shape index (κ1) is 21.5. The third kappa shape index (κ3) is 6.38. The van der Waals surface area contributed by atoms with Crippen LogP contribution in [0.15, 0.2) is 24.3 Å². The average Bonchev–Trinajstić information content (AvgIpc) is 2.58. The van der Waals surface area contributed by atoms with Crippen LogP contribution in [0.4, 0.5) is 13.2 Å². The Hall–Kier alpha value is -2.58. The number of benzene rings is 1. The van der Waals surface area contributed by atoms with E-state index in [4.69, 9.17) is 0 Å². The maximum Gasteiger partial charge on any atom is 0.416 e. The Bertz CT molecular complexity index is 643. The molecule has 144 valence electrons. The van der Waals surface area contributed by atoms with E-state index in [9.17, 15) is 27.6 Å². The van der Waals surface area contributed by atoms with Crippen LogP contribution in [0.2, 0.25) is 0 Å². The normalized spacial score (nSPS) is 13.5. The van der Waals surface area contributed by atoms with Gasteiger partial charge in [0.15, 0.2) is 0 Å². The Morgan fingerprint density at radius 1 is 1.08 bits per heavy atom. The van der Waals surface area contributed by atoms with Crippen LogP contribution in [-0.2, 0) is 36.5 Å². The third-order valence-electron chi connectivity index (χ3n) is 3.70. The highest BCUT2D eigenvalue weighted by Crippen LogP contribution is 2.29. The summed E-state index contributed by atoms with van der Waals surface area (Å²) in [6.07, 6.45) is -4.80. The zero-order valence-corrected chi connectivity index (χ0v) is 14.6. The number of ether oxygens (including phenoxy) is 2. The van der Waals surface area contributed by atoms with E-state index >= 15 is 0 Å². The van der Waals surface area contributed by atoms with Gasteiger partial charge < -0.3 is 14.8 Å². The molecule has 0 unspecified atom stereocenters. The Morgan fingerprint density at radius 3 is 2.12 bits per heavy atom. The van der Waals surface area contributed by atoms with Crippen LogP contribution in [0.1, 0.15) is 24.5 Å². The molecule has 9 heteroatoms. The quantitative estimate of drug-likeness (QED) is 0.738. The number of hydrogen-bond acceptors (Lipinski definition) is 5. The van der Waals surface area contributed by atoms with Crippen molar-refractivity contribution in [1.29, 1.82) is 0 Å². The zero-order valence-electron chi connectivity index (χ0n) is 14.6. The number of amides is 1. The van der Waals surface area contributed by atoms with Gasteiger partial charge in [-0.25, -0.2) is 4.79 Å². The van der Waals surface area contributed by atoms with Crippen molar-refractivity contribution in [3.05, 3.63) is 35.4 Å². The van der Waals surface area contributed by atoms with Crippen LogP contribution in [0, 0.1) is 5.92 Å². The Kier molecular flexibility index (Phi) is 7.60. The molecule has 1 N–H and O–H groups in total. The van der Waals surface area contributed by atoms with Crippen molar-refractivity contribution in [3.63, 3.8) is 0 Å². The van der Waals surface area contributed by atoms with Gasteiger partial charge in [-0.1, -0.05) is 19.1 Å². The molecule has 0 aromatic heterocycles. The van der Waals surface area contributed by atoms with Gasteiger partial charge in [0.25, 0.3) is 0 Å². The summed E-state index contributed by atoms with van der Waals surface area (Å²) in [6, 6.07) is 3.04. The third-order valence-corrected chi connectivity index (χ3v) is 3.70. The van der Waals surface area contributed by atoms with Crippen LogP contribution in [0.3, 0.4) is 0 Å². The molecule has 0 spiro atoms. The lowest BCUT2D eigenvalue weighted by Gasteiger charge is -2.22. The van der Waals surface area contributed by atoms with Gasteiger partial charge in [0.05, 0.1) is 32.6 Å². The van der Waals surface area contributed by atoms with Gasteiger partial charge in [-0.3, -0.25) is 9.59 Å². The molecule has 0 radical (unpaired) electrons. The lowest BCUT2D eigenvalue weighted by atomic mass is 9.97. The number of alkyl halides is 3. The van der Waals surface area contributed by atoms with Crippen LogP contribution in [0.25, 0.3) is 0 Å². The maximum absolute atomic E-state index is 12.5. The minimum absolute atomic E-state index is 0.114. The Morgan fingerprint density at radius 2 is 1.65 bits per heavy atom. The summed E-state index contributed by atoms with van der Waals surface area (Å²) in [7, 11) is 2.34. The molecule has 26 heavy (non-hydrogen) atoms. The summed E-state index contributed by atoms with van der Waals surface area (Å²) in [5.74, 6) is -2.46. The molecule has 0 aliphatic heterocycles. The molecular formula is C17H20F3NO5. The van der Waals surface area contributed by atoms with Crippen molar-refractivity contribution in [2.75, 3.05) is 14.2 Å². The molecule has 0 aliphatic carbocycles. The first-order chi connectivity index (χ1) is 12.1. The number of hydrogen-bond donors (Lipinski definition) is 1. The highest BCUT2D eigenvalue weighted by molar-refractivity contribution is 5.86. The smallest absolute Gasteiger partial charge is 0.416 e. The van der Waals surface area contributed by atoms with Crippen LogP contribution in [0.5, 0.6) is 0 Å². The first-order valence-corrected chi connectivity index (χ1v) is 7.68. The topological polar surface area (TPSA) is 81.7 Å². The molecule has 1 rings (SSSR count). The fourth-order valence-corrected chi connectivity index (χ4v) is 2.25. The van der Waals surface area contributed by atoms with Gasteiger partial charge in [0, 0.05) is 0 Å². The van der Waals surface area contributed by atoms with E-state index in [1.807, 2.05) is 0 Å². The van der Waals surface area contributed by atoms with Gasteiger partial charge in [0.1, 0.15) is 6.04 Å². The molecule has 6 nitrogen and oxygen atoms in total. The van der Waals surface area contributed by atoms with Crippen molar-refractivity contribution < 1.29 is 37.0 Å². The van der Waals surface area contributed by atoms with E-state index in [2.05, 4.69) is 14.8 Å². The largest absolute Gasteiger partial charge is 0.469 e. The second kappa shape index (κ2) is 9.21. The molecule has 0 fully saturated rings. The summed E-state index contributed by atoms with van der Waals surface area (Å²) >= 11 is 0.